The fraction of sp³-hybridized carbons (Fsp3) is 0.292. The Hall–Kier alpha value is -3.00. The lowest BCUT2D eigenvalue weighted by molar-refractivity contribution is -0.116. The summed E-state index contributed by atoms with van der Waals surface area (Å²) in [5.41, 5.74) is 1.64. The molecule has 8 heteroatoms. The summed E-state index contributed by atoms with van der Waals surface area (Å²) in [6.07, 6.45) is 0. The third-order valence-corrected chi connectivity index (χ3v) is 5.38. The number of amides is 2. The van der Waals surface area contributed by atoms with Crippen molar-refractivity contribution in [3.63, 3.8) is 0 Å². The first-order chi connectivity index (χ1) is 15.1. The number of carbonyl (C=O) groups excluding carboxylic acids is 2. The van der Waals surface area contributed by atoms with E-state index in [2.05, 4.69) is 26.3 Å². The summed E-state index contributed by atoms with van der Waals surface area (Å²) in [6.45, 7) is 8.15. The zero-order chi connectivity index (χ0) is 23.5. The molecule has 0 unspecified atom stereocenters. The van der Waals surface area contributed by atoms with E-state index in [0.29, 0.717) is 23.6 Å². The molecule has 0 radical (unpaired) electrons. The van der Waals surface area contributed by atoms with Crippen LogP contribution in [0.5, 0.6) is 0 Å². The second kappa shape index (κ2) is 9.65. The highest BCUT2D eigenvalue weighted by molar-refractivity contribution is 9.10. The molecule has 1 N–H and O–H groups in total. The van der Waals surface area contributed by atoms with Gasteiger partial charge in [-0.25, -0.2) is 9.07 Å². The van der Waals surface area contributed by atoms with Gasteiger partial charge in [-0.2, -0.15) is 5.10 Å². The number of anilines is 1. The van der Waals surface area contributed by atoms with Crippen molar-refractivity contribution in [3.05, 3.63) is 76.1 Å². The maximum absolute atomic E-state index is 13.4. The second-order valence-electron chi connectivity index (χ2n) is 8.43. The lowest BCUT2D eigenvalue weighted by Gasteiger charge is -2.20. The number of nitrogens with one attached hydrogen (secondary N) is 1. The molecule has 3 aromatic rings. The molecule has 0 saturated carbocycles. The fourth-order valence-corrected chi connectivity index (χ4v) is 3.50. The van der Waals surface area contributed by atoms with Crippen LogP contribution in [0.15, 0.2) is 59.1 Å². The maximum atomic E-state index is 13.4. The molecular formula is C24H26BrFN4O2. The Labute approximate surface area is 195 Å². The van der Waals surface area contributed by atoms with Crippen LogP contribution in [-0.2, 0) is 10.2 Å². The summed E-state index contributed by atoms with van der Waals surface area (Å²) >= 11 is 3.37. The van der Waals surface area contributed by atoms with Gasteiger partial charge in [0, 0.05) is 28.1 Å². The second-order valence-corrected chi connectivity index (χ2v) is 9.35. The van der Waals surface area contributed by atoms with E-state index >= 15 is 0 Å². The average Bonchev–Trinajstić information content (AvgIpc) is 3.16. The van der Waals surface area contributed by atoms with Crippen LogP contribution in [0.3, 0.4) is 0 Å². The molecule has 0 atom stereocenters. The van der Waals surface area contributed by atoms with Gasteiger partial charge >= 0.3 is 0 Å². The molecule has 0 saturated heterocycles. The molecule has 0 aliphatic rings. The molecular weight excluding hydrogens is 475 g/mol. The summed E-state index contributed by atoms with van der Waals surface area (Å²) in [5, 5.41) is 7.48. The minimum absolute atomic E-state index is 0.110. The van der Waals surface area contributed by atoms with Crippen molar-refractivity contribution in [2.75, 3.05) is 18.4 Å². The molecule has 6 nitrogen and oxygen atoms in total. The van der Waals surface area contributed by atoms with Crippen LogP contribution in [0.4, 0.5) is 10.2 Å². The Balaban J connectivity index is 1.83. The number of benzene rings is 2. The predicted octanol–water partition coefficient (Wildman–Crippen LogP) is 5.17. The van der Waals surface area contributed by atoms with E-state index < -0.39 is 0 Å². The number of carbonyl (C=O) groups is 2. The monoisotopic (exact) mass is 500 g/mol. The van der Waals surface area contributed by atoms with Crippen molar-refractivity contribution in [1.29, 1.82) is 0 Å². The van der Waals surface area contributed by atoms with Crippen molar-refractivity contribution in [2.24, 2.45) is 0 Å². The molecule has 168 valence electrons. The third kappa shape index (κ3) is 5.62. The lowest BCUT2D eigenvalue weighted by atomic mass is 9.92. The number of nitrogens with zero attached hydrogens (tertiary/aromatic N) is 3. The molecule has 0 spiro atoms. The quantitative estimate of drug-likeness (QED) is 0.507. The summed E-state index contributed by atoms with van der Waals surface area (Å²) in [6, 6.07) is 14.7. The van der Waals surface area contributed by atoms with Gasteiger partial charge in [0.05, 0.1) is 11.4 Å². The summed E-state index contributed by atoms with van der Waals surface area (Å²) in [4.78, 5) is 27.2. The van der Waals surface area contributed by atoms with Crippen LogP contribution < -0.4 is 5.32 Å². The van der Waals surface area contributed by atoms with Crippen molar-refractivity contribution in [3.8, 4) is 5.69 Å². The van der Waals surface area contributed by atoms with Crippen molar-refractivity contribution >= 4 is 33.6 Å². The number of rotatable bonds is 6. The zero-order valence-corrected chi connectivity index (χ0v) is 20.1. The lowest BCUT2D eigenvalue weighted by Crippen LogP contribution is -2.38. The van der Waals surface area contributed by atoms with Crippen LogP contribution in [0.2, 0.25) is 0 Å². The molecule has 3 rings (SSSR count). The molecule has 0 aliphatic carbocycles. The van der Waals surface area contributed by atoms with E-state index in [1.807, 2.05) is 33.8 Å². The number of likely N-dealkylation sites (N-methyl/N-ethyl adjacent to an activating group) is 1. The van der Waals surface area contributed by atoms with Gasteiger partial charge in [-0.1, -0.05) is 42.8 Å². The number of aromatic nitrogens is 2. The van der Waals surface area contributed by atoms with Gasteiger partial charge in [-0.3, -0.25) is 9.59 Å². The van der Waals surface area contributed by atoms with E-state index in [-0.39, 0.29) is 29.6 Å². The van der Waals surface area contributed by atoms with Gasteiger partial charge in [-0.15, -0.1) is 0 Å². The molecule has 32 heavy (non-hydrogen) atoms. The van der Waals surface area contributed by atoms with E-state index in [9.17, 15) is 14.0 Å². The van der Waals surface area contributed by atoms with E-state index in [1.54, 1.807) is 41.1 Å². The standard InChI is InChI=1S/C24H26BrFN4O2/c1-5-29(23(32)16-7-6-8-17(25)13-16)15-22(31)27-21-14-20(24(2,3)4)28-30(21)19-11-9-18(26)10-12-19/h6-14H,5,15H2,1-4H3,(H,27,31). The third-order valence-electron chi connectivity index (χ3n) is 4.89. The Morgan fingerprint density at radius 2 is 1.81 bits per heavy atom. The molecule has 2 amide bonds. The molecule has 0 bridgehead atoms. The van der Waals surface area contributed by atoms with Gasteiger partial charge in [0.25, 0.3) is 5.91 Å². The summed E-state index contributed by atoms with van der Waals surface area (Å²) in [7, 11) is 0. The first-order valence-corrected chi connectivity index (χ1v) is 11.1. The minimum Gasteiger partial charge on any atom is -0.330 e. The minimum atomic E-state index is -0.354. The largest absolute Gasteiger partial charge is 0.330 e. The molecule has 0 fully saturated rings. The van der Waals surface area contributed by atoms with E-state index in [4.69, 9.17) is 0 Å². The van der Waals surface area contributed by atoms with E-state index in [1.165, 1.54) is 17.0 Å². The predicted molar refractivity (Wildman–Crippen MR) is 127 cm³/mol. The van der Waals surface area contributed by atoms with Gasteiger partial charge < -0.3 is 10.2 Å². The van der Waals surface area contributed by atoms with Crippen LogP contribution in [-0.4, -0.2) is 39.6 Å². The highest BCUT2D eigenvalue weighted by atomic mass is 79.9. The Morgan fingerprint density at radius 1 is 1.12 bits per heavy atom. The highest BCUT2D eigenvalue weighted by Crippen LogP contribution is 2.26. The first-order valence-electron chi connectivity index (χ1n) is 10.3. The average molecular weight is 501 g/mol. The van der Waals surface area contributed by atoms with Gasteiger partial charge in [0.15, 0.2) is 0 Å². The summed E-state index contributed by atoms with van der Waals surface area (Å²) in [5.74, 6) is -0.477. The summed E-state index contributed by atoms with van der Waals surface area (Å²) < 4.78 is 15.8. The topological polar surface area (TPSA) is 67.2 Å². The smallest absolute Gasteiger partial charge is 0.254 e. The molecule has 1 heterocycles. The van der Waals surface area contributed by atoms with Gasteiger partial charge in [0.2, 0.25) is 5.91 Å². The van der Waals surface area contributed by atoms with Gasteiger partial charge in [-0.05, 0) is 49.4 Å². The highest BCUT2D eigenvalue weighted by Gasteiger charge is 2.23. The Kier molecular flexibility index (Phi) is 7.13. The molecule has 0 aliphatic heterocycles. The normalized spacial score (nSPS) is 11.3. The number of hydrogen-bond acceptors (Lipinski definition) is 3. The van der Waals surface area contributed by atoms with Crippen molar-refractivity contribution in [1.82, 2.24) is 14.7 Å². The van der Waals surface area contributed by atoms with Crippen molar-refractivity contribution in [2.45, 2.75) is 33.1 Å². The molecule has 1 aromatic heterocycles. The Morgan fingerprint density at radius 3 is 2.41 bits per heavy atom. The number of halogens is 2. The van der Waals surface area contributed by atoms with E-state index in [0.717, 1.165) is 10.2 Å². The molecule has 2 aromatic carbocycles. The number of hydrogen-bond donors (Lipinski definition) is 1. The van der Waals surface area contributed by atoms with Crippen LogP contribution in [0, 0.1) is 5.82 Å². The zero-order valence-electron chi connectivity index (χ0n) is 18.5. The van der Waals surface area contributed by atoms with Gasteiger partial charge in [0.1, 0.15) is 18.2 Å². The van der Waals surface area contributed by atoms with Crippen LogP contribution in [0.25, 0.3) is 5.69 Å². The fourth-order valence-electron chi connectivity index (χ4n) is 3.10. The Bertz CT molecular complexity index is 1120. The first kappa shape index (κ1) is 23.7. The maximum Gasteiger partial charge on any atom is 0.254 e. The van der Waals surface area contributed by atoms with Crippen LogP contribution >= 0.6 is 15.9 Å². The van der Waals surface area contributed by atoms with Crippen molar-refractivity contribution < 1.29 is 14.0 Å². The SMILES string of the molecule is CCN(CC(=O)Nc1cc(C(C)(C)C)nn1-c1ccc(F)cc1)C(=O)c1cccc(Br)c1. The van der Waals surface area contributed by atoms with Crippen LogP contribution in [0.1, 0.15) is 43.7 Å².